The minimum atomic E-state index is -0.452. The largest absolute Gasteiger partial charge is 0.444 e. The van der Waals surface area contributed by atoms with Crippen LogP contribution in [-0.4, -0.2) is 52.0 Å². The summed E-state index contributed by atoms with van der Waals surface area (Å²) in [5.41, 5.74) is 1.51. The molecule has 1 aliphatic carbocycles. The molecule has 33 heavy (non-hydrogen) atoms. The van der Waals surface area contributed by atoms with Crippen molar-refractivity contribution in [1.82, 2.24) is 14.8 Å². The summed E-state index contributed by atoms with van der Waals surface area (Å²) in [4.78, 5) is 33.4. The number of amides is 2. The van der Waals surface area contributed by atoms with Gasteiger partial charge < -0.3 is 19.0 Å². The first-order chi connectivity index (χ1) is 16.1. The first kappa shape index (κ1) is 21.2. The number of rotatable bonds is 5. The van der Waals surface area contributed by atoms with Crippen molar-refractivity contribution in [2.75, 3.05) is 13.1 Å². The van der Waals surface area contributed by atoms with Crippen LogP contribution < -0.4 is 4.74 Å². The number of oxazole rings is 1. The summed E-state index contributed by atoms with van der Waals surface area (Å²) in [6, 6.07) is 13.1. The summed E-state index contributed by atoms with van der Waals surface area (Å²) in [7, 11) is 0. The molecule has 1 saturated heterocycles. The molecule has 1 saturated carbocycles. The predicted octanol–water partition coefficient (Wildman–Crippen LogP) is 4.75. The molecule has 7 nitrogen and oxygen atoms in total. The number of ether oxygens (including phenoxy) is 1. The van der Waals surface area contributed by atoms with Gasteiger partial charge in [-0.2, -0.15) is 0 Å². The first-order valence-electron chi connectivity index (χ1n) is 11.1. The van der Waals surface area contributed by atoms with Crippen molar-refractivity contribution >= 4 is 12.0 Å². The van der Waals surface area contributed by atoms with Gasteiger partial charge in [0, 0.05) is 36.3 Å². The van der Waals surface area contributed by atoms with E-state index in [1.165, 1.54) is 30.7 Å². The van der Waals surface area contributed by atoms with Crippen LogP contribution in [0.25, 0.3) is 11.3 Å². The van der Waals surface area contributed by atoms with E-state index in [-0.39, 0.29) is 23.8 Å². The lowest BCUT2D eigenvalue weighted by Gasteiger charge is -2.38. The van der Waals surface area contributed by atoms with Gasteiger partial charge in [-0.3, -0.25) is 4.79 Å². The standard InChI is InChI=1S/C25H24FN3O4/c26-19-5-9-22(10-6-19)33-25(31)28-13-11-21(12-14-28)29(20-7-8-20)24(30)18-3-1-17(2-4-18)23-15-27-16-32-23/h1-6,9-10,15-16,20-21H,7-8,11-14H2. The smallest absolute Gasteiger partial charge is 0.415 e. The third-order valence-electron chi connectivity index (χ3n) is 6.16. The molecule has 8 heteroatoms. The minimum Gasteiger partial charge on any atom is -0.444 e. The Hall–Kier alpha value is -3.68. The lowest BCUT2D eigenvalue weighted by molar-refractivity contribution is 0.0556. The molecule has 2 heterocycles. The SMILES string of the molecule is O=C(Oc1ccc(F)cc1)N1CCC(N(C(=O)c2ccc(-c3cnco3)cc2)C2CC2)CC1. The fourth-order valence-corrected chi connectivity index (χ4v) is 4.26. The van der Waals surface area contributed by atoms with Gasteiger partial charge in [0.15, 0.2) is 12.2 Å². The van der Waals surface area contributed by atoms with Gasteiger partial charge in [0.1, 0.15) is 11.6 Å². The number of carbonyl (C=O) groups excluding carboxylic acids is 2. The van der Waals surface area contributed by atoms with Gasteiger partial charge >= 0.3 is 6.09 Å². The molecule has 0 bridgehead atoms. The Morgan fingerprint density at radius 2 is 1.64 bits per heavy atom. The number of benzene rings is 2. The molecule has 0 atom stereocenters. The van der Waals surface area contributed by atoms with Crippen LogP contribution in [-0.2, 0) is 0 Å². The monoisotopic (exact) mass is 449 g/mol. The number of hydrogen-bond donors (Lipinski definition) is 0. The summed E-state index contributed by atoms with van der Waals surface area (Å²) in [5.74, 6) is 0.613. The van der Waals surface area contributed by atoms with Crippen LogP contribution in [0.1, 0.15) is 36.0 Å². The van der Waals surface area contributed by atoms with Crippen molar-refractivity contribution < 1.29 is 23.1 Å². The summed E-state index contributed by atoms with van der Waals surface area (Å²) >= 11 is 0. The highest BCUT2D eigenvalue weighted by Crippen LogP contribution is 2.34. The van der Waals surface area contributed by atoms with Gasteiger partial charge in [-0.1, -0.05) is 12.1 Å². The van der Waals surface area contributed by atoms with Gasteiger partial charge in [-0.15, -0.1) is 0 Å². The quantitative estimate of drug-likeness (QED) is 0.562. The van der Waals surface area contributed by atoms with Crippen LogP contribution in [0.3, 0.4) is 0 Å². The Kier molecular flexibility index (Phi) is 5.81. The molecule has 1 aromatic heterocycles. The average molecular weight is 449 g/mol. The van der Waals surface area contributed by atoms with Crippen LogP contribution in [0, 0.1) is 5.82 Å². The van der Waals surface area contributed by atoms with Crippen molar-refractivity contribution in [2.24, 2.45) is 0 Å². The minimum absolute atomic E-state index is 0.0222. The summed E-state index contributed by atoms with van der Waals surface area (Å²) in [6.45, 7) is 1.01. The fraction of sp³-hybridized carbons (Fsp3) is 0.320. The number of nitrogens with zero attached hydrogens (tertiary/aromatic N) is 3. The zero-order chi connectivity index (χ0) is 22.8. The Morgan fingerprint density at radius 1 is 0.970 bits per heavy atom. The highest BCUT2D eigenvalue weighted by atomic mass is 19.1. The third-order valence-corrected chi connectivity index (χ3v) is 6.16. The lowest BCUT2D eigenvalue weighted by Crippen LogP contribution is -2.50. The molecule has 2 fully saturated rings. The molecule has 0 radical (unpaired) electrons. The molecule has 5 rings (SSSR count). The Balaban J connectivity index is 1.21. The molecule has 3 aromatic rings. The summed E-state index contributed by atoms with van der Waals surface area (Å²) in [6.07, 6.45) is 5.97. The van der Waals surface area contributed by atoms with E-state index < -0.39 is 6.09 Å². The van der Waals surface area contributed by atoms with Gasteiger partial charge in [0.2, 0.25) is 0 Å². The number of carbonyl (C=O) groups is 2. The second-order valence-electron chi connectivity index (χ2n) is 8.43. The highest BCUT2D eigenvalue weighted by molar-refractivity contribution is 5.95. The van der Waals surface area contributed by atoms with E-state index in [1.807, 2.05) is 29.2 Å². The predicted molar refractivity (Wildman–Crippen MR) is 118 cm³/mol. The van der Waals surface area contributed by atoms with Crippen LogP contribution in [0.2, 0.25) is 0 Å². The second-order valence-corrected chi connectivity index (χ2v) is 8.43. The zero-order valence-corrected chi connectivity index (χ0v) is 18.0. The molecule has 0 spiro atoms. The maximum absolute atomic E-state index is 13.4. The van der Waals surface area contributed by atoms with E-state index in [2.05, 4.69) is 4.98 Å². The number of hydrogen-bond acceptors (Lipinski definition) is 5. The molecule has 0 N–H and O–H groups in total. The molecule has 1 aliphatic heterocycles. The molecule has 170 valence electrons. The number of likely N-dealkylation sites (tertiary alicyclic amines) is 1. The molecule has 2 aromatic carbocycles. The van der Waals surface area contributed by atoms with Crippen LogP contribution >= 0.6 is 0 Å². The third kappa shape index (κ3) is 4.74. The molecule has 0 unspecified atom stereocenters. The van der Waals surface area contributed by atoms with Gasteiger partial charge in [-0.25, -0.2) is 14.2 Å². The van der Waals surface area contributed by atoms with Gasteiger partial charge in [-0.05, 0) is 62.1 Å². The Morgan fingerprint density at radius 3 is 2.24 bits per heavy atom. The van der Waals surface area contributed by atoms with E-state index in [1.54, 1.807) is 11.1 Å². The molecular formula is C25H24FN3O4. The van der Waals surface area contributed by atoms with Crippen molar-refractivity contribution in [3.63, 3.8) is 0 Å². The van der Waals surface area contributed by atoms with Crippen molar-refractivity contribution in [3.8, 4) is 17.1 Å². The lowest BCUT2D eigenvalue weighted by atomic mass is 10.0. The van der Waals surface area contributed by atoms with E-state index in [0.717, 1.165) is 18.4 Å². The number of halogens is 1. The maximum Gasteiger partial charge on any atom is 0.415 e. The van der Waals surface area contributed by atoms with Crippen molar-refractivity contribution in [2.45, 2.75) is 37.8 Å². The van der Waals surface area contributed by atoms with Gasteiger partial charge in [0.25, 0.3) is 5.91 Å². The van der Waals surface area contributed by atoms with Crippen LogP contribution in [0.4, 0.5) is 9.18 Å². The molecule has 2 amide bonds. The second kappa shape index (κ2) is 9.05. The van der Waals surface area contributed by atoms with Gasteiger partial charge in [0.05, 0.1) is 6.20 Å². The van der Waals surface area contributed by atoms with Crippen LogP contribution in [0.5, 0.6) is 5.75 Å². The highest BCUT2D eigenvalue weighted by Gasteiger charge is 2.39. The molecular weight excluding hydrogens is 425 g/mol. The average Bonchev–Trinajstić information content (AvgIpc) is 3.52. The topological polar surface area (TPSA) is 75.9 Å². The number of aromatic nitrogens is 1. The van der Waals surface area contributed by atoms with Crippen LogP contribution in [0.15, 0.2) is 65.5 Å². The Labute approximate surface area is 190 Å². The summed E-state index contributed by atoms with van der Waals surface area (Å²) in [5, 5.41) is 0. The molecule has 2 aliphatic rings. The van der Waals surface area contributed by atoms with E-state index in [4.69, 9.17) is 9.15 Å². The van der Waals surface area contributed by atoms with Crippen molar-refractivity contribution in [1.29, 1.82) is 0 Å². The van der Waals surface area contributed by atoms with E-state index >= 15 is 0 Å². The summed E-state index contributed by atoms with van der Waals surface area (Å²) < 4.78 is 23.7. The fourth-order valence-electron chi connectivity index (χ4n) is 4.26. The zero-order valence-electron chi connectivity index (χ0n) is 18.0. The van der Waals surface area contributed by atoms with E-state index in [9.17, 15) is 14.0 Å². The Bertz CT molecular complexity index is 1100. The van der Waals surface area contributed by atoms with Crippen molar-refractivity contribution in [3.05, 3.63) is 72.5 Å². The normalized spacial score (nSPS) is 16.5. The van der Waals surface area contributed by atoms with E-state index in [0.29, 0.717) is 43.0 Å². The first-order valence-corrected chi connectivity index (χ1v) is 11.1. The number of piperidine rings is 1. The maximum atomic E-state index is 13.4.